The first-order chi connectivity index (χ1) is 7.93. The highest BCUT2D eigenvalue weighted by molar-refractivity contribution is 5.76. The van der Waals surface area contributed by atoms with Crippen LogP contribution in [0.2, 0.25) is 0 Å². The number of benzene rings is 1. The zero-order valence-electron chi connectivity index (χ0n) is 9.58. The Labute approximate surface area is 96.8 Å². The minimum atomic E-state index is -1.34. The summed E-state index contributed by atoms with van der Waals surface area (Å²) in [4.78, 5) is 10.8. The summed E-state index contributed by atoms with van der Waals surface area (Å²) in [5.41, 5.74) is -0.575. The Balaban J connectivity index is 3.50. The van der Waals surface area contributed by atoms with Gasteiger partial charge in [0, 0.05) is 11.6 Å². The summed E-state index contributed by atoms with van der Waals surface area (Å²) in [6, 6.07) is 1.03. The molecule has 0 saturated carbocycles. The van der Waals surface area contributed by atoms with Crippen molar-refractivity contribution >= 4 is 5.97 Å². The molecule has 0 spiro atoms. The summed E-state index contributed by atoms with van der Waals surface area (Å²) in [6.45, 7) is 1.18. The van der Waals surface area contributed by atoms with Crippen LogP contribution in [0.1, 0.15) is 18.4 Å². The lowest BCUT2D eigenvalue weighted by Gasteiger charge is -2.14. The third-order valence-corrected chi connectivity index (χ3v) is 2.41. The summed E-state index contributed by atoms with van der Waals surface area (Å²) < 4.78 is 37.0. The fourth-order valence-corrected chi connectivity index (χ4v) is 1.41. The van der Waals surface area contributed by atoms with E-state index in [9.17, 15) is 13.6 Å². The lowest BCUT2D eigenvalue weighted by molar-refractivity contribution is -0.138. The second kappa shape index (κ2) is 4.99. The molecule has 6 heteroatoms. The minimum absolute atomic E-state index is 0.258. The molecule has 0 aromatic heterocycles. The number of rotatable bonds is 4. The van der Waals surface area contributed by atoms with Crippen molar-refractivity contribution in [2.45, 2.75) is 12.8 Å². The average Bonchev–Trinajstić information content (AvgIpc) is 2.29. The van der Waals surface area contributed by atoms with Gasteiger partial charge in [-0.15, -0.1) is 0 Å². The molecule has 1 N–H and O–H groups in total. The van der Waals surface area contributed by atoms with Gasteiger partial charge in [-0.05, 0) is 6.92 Å². The van der Waals surface area contributed by atoms with Gasteiger partial charge in [-0.3, -0.25) is 4.79 Å². The van der Waals surface area contributed by atoms with E-state index < -0.39 is 29.1 Å². The minimum Gasteiger partial charge on any atom is -0.494 e. The molecule has 1 atom stereocenters. The molecule has 0 amide bonds. The molecule has 1 aromatic rings. The molecule has 17 heavy (non-hydrogen) atoms. The summed E-state index contributed by atoms with van der Waals surface area (Å²) in [6.07, 6.45) is 0. The molecular formula is C11H12F2O4. The Bertz CT molecular complexity index is 417. The van der Waals surface area contributed by atoms with E-state index in [0.717, 1.165) is 6.07 Å². The van der Waals surface area contributed by atoms with E-state index >= 15 is 0 Å². The van der Waals surface area contributed by atoms with Crippen LogP contribution in [0.3, 0.4) is 0 Å². The Kier molecular flexibility index (Phi) is 3.88. The van der Waals surface area contributed by atoms with E-state index in [1.54, 1.807) is 0 Å². The maximum Gasteiger partial charge on any atom is 0.310 e. The molecule has 1 rings (SSSR count). The van der Waals surface area contributed by atoms with Crippen LogP contribution in [0.5, 0.6) is 11.5 Å². The first kappa shape index (κ1) is 13.2. The SMILES string of the molecule is COc1cc(OC)c(F)c(C(C)C(=O)O)c1F. The Morgan fingerprint density at radius 1 is 1.24 bits per heavy atom. The zero-order chi connectivity index (χ0) is 13.2. The lowest BCUT2D eigenvalue weighted by atomic mass is 9.99. The first-order valence-corrected chi connectivity index (χ1v) is 4.76. The third kappa shape index (κ3) is 2.30. The van der Waals surface area contributed by atoms with Gasteiger partial charge in [0.05, 0.1) is 20.1 Å². The van der Waals surface area contributed by atoms with Crippen LogP contribution in [0.25, 0.3) is 0 Å². The third-order valence-electron chi connectivity index (χ3n) is 2.41. The second-order valence-corrected chi connectivity index (χ2v) is 3.38. The quantitative estimate of drug-likeness (QED) is 0.884. The van der Waals surface area contributed by atoms with E-state index in [1.807, 2.05) is 0 Å². The van der Waals surface area contributed by atoms with Crippen LogP contribution in [-0.4, -0.2) is 25.3 Å². The van der Waals surface area contributed by atoms with E-state index in [2.05, 4.69) is 0 Å². The van der Waals surface area contributed by atoms with Gasteiger partial charge in [-0.2, -0.15) is 0 Å². The predicted molar refractivity (Wildman–Crippen MR) is 55.5 cm³/mol. The summed E-state index contributed by atoms with van der Waals surface area (Å²) in [5, 5.41) is 8.80. The van der Waals surface area contributed by atoms with Crippen molar-refractivity contribution < 1.29 is 28.2 Å². The molecule has 1 unspecified atom stereocenters. The molecule has 0 aliphatic rings. The first-order valence-electron chi connectivity index (χ1n) is 4.76. The fourth-order valence-electron chi connectivity index (χ4n) is 1.41. The van der Waals surface area contributed by atoms with E-state index in [-0.39, 0.29) is 11.5 Å². The Morgan fingerprint density at radius 3 is 1.94 bits per heavy atom. The highest BCUT2D eigenvalue weighted by Gasteiger charge is 2.27. The fraction of sp³-hybridized carbons (Fsp3) is 0.364. The molecule has 4 nitrogen and oxygen atoms in total. The molecule has 0 radical (unpaired) electrons. The van der Waals surface area contributed by atoms with E-state index in [0.29, 0.717) is 0 Å². The second-order valence-electron chi connectivity index (χ2n) is 3.38. The van der Waals surface area contributed by atoms with Gasteiger partial charge < -0.3 is 14.6 Å². The standard InChI is InChI=1S/C11H12F2O4/c1-5(11(14)15)8-9(12)6(16-2)4-7(17-3)10(8)13/h4-5H,1-3H3,(H,14,15). The number of ether oxygens (including phenoxy) is 2. The van der Waals surface area contributed by atoms with Gasteiger partial charge >= 0.3 is 5.97 Å². The number of hydrogen-bond acceptors (Lipinski definition) is 3. The monoisotopic (exact) mass is 246 g/mol. The molecule has 0 saturated heterocycles. The van der Waals surface area contributed by atoms with Crippen molar-refractivity contribution in [3.05, 3.63) is 23.3 Å². The van der Waals surface area contributed by atoms with E-state index in [4.69, 9.17) is 14.6 Å². The van der Waals surface area contributed by atoms with E-state index in [1.165, 1.54) is 21.1 Å². The molecular weight excluding hydrogens is 234 g/mol. The highest BCUT2D eigenvalue weighted by atomic mass is 19.1. The van der Waals surface area contributed by atoms with Crippen molar-refractivity contribution in [1.82, 2.24) is 0 Å². The molecule has 0 bridgehead atoms. The van der Waals surface area contributed by atoms with Gasteiger partial charge in [0.1, 0.15) is 0 Å². The Morgan fingerprint density at radius 2 is 1.65 bits per heavy atom. The number of carbonyl (C=O) groups is 1. The normalized spacial score (nSPS) is 12.1. The Hall–Kier alpha value is -1.85. The van der Waals surface area contributed by atoms with Crippen LogP contribution >= 0.6 is 0 Å². The highest BCUT2D eigenvalue weighted by Crippen LogP contribution is 2.35. The van der Waals surface area contributed by atoms with Gasteiger partial charge in [0.25, 0.3) is 0 Å². The molecule has 0 aliphatic heterocycles. The number of halogens is 2. The van der Waals surface area contributed by atoms with Crippen molar-refractivity contribution in [2.24, 2.45) is 0 Å². The van der Waals surface area contributed by atoms with Crippen LogP contribution < -0.4 is 9.47 Å². The van der Waals surface area contributed by atoms with Crippen molar-refractivity contribution in [2.75, 3.05) is 14.2 Å². The van der Waals surface area contributed by atoms with Crippen molar-refractivity contribution in [3.8, 4) is 11.5 Å². The topological polar surface area (TPSA) is 55.8 Å². The van der Waals surface area contributed by atoms with Crippen LogP contribution in [-0.2, 0) is 4.79 Å². The summed E-state index contributed by atoms with van der Waals surface area (Å²) >= 11 is 0. The number of methoxy groups -OCH3 is 2. The predicted octanol–water partition coefficient (Wildman–Crippen LogP) is 2.17. The van der Waals surface area contributed by atoms with Gasteiger partial charge in [0.15, 0.2) is 23.1 Å². The largest absolute Gasteiger partial charge is 0.494 e. The average molecular weight is 246 g/mol. The number of carboxylic acid groups (broad SMARTS) is 1. The number of hydrogen-bond donors (Lipinski definition) is 1. The van der Waals surface area contributed by atoms with Crippen LogP contribution in [0.4, 0.5) is 8.78 Å². The number of carboxylic acids is 1. The summed E-state index contributed by atoms with van der Waals surface area (Å²) in [5.74, 6) is -5.24. The number of aliphatic carboxylic acids is 1. The van der Waals surface area contributed by atoms with Gasteiger partial charge in [-0.25, -0.2) is 8.78 Å². The smallest absolute Gasteiger partial charge is 0.310 e. The van der Waals surface area contributed by atoms with Crippen LogP contribution in [0, 0.1) is 11.6 Å². The van der Waals surface area contributed by atoms with Crippen LogP contribution in [0.15, 0.2) is 6.07 Å². The maximum absolute atomic E-state index is 13.8. The van der Waals surface area contributed by atoms with Gasteiger partial charge in [-0.1, -0.05) is 0 Å². The molecule has 1 aromatic carbocycles. The van der Waals surface area contributed by atoms with Crippen molar-refractivity contribution in [3.63, 3.8) is 0 Å². The molecule has 0 heterocycles. The summed E-state index contributed by atoms with van der Waals surface area (Å²) in [7, 11) is 2.40. The molecule has 94 valence electrons. The maximum atomic E-state index is 13.8. The molecule has 0 fully saturated rings. The zero-order valence-corrected chi connectivity index (χ0v) is 9.58. The van der Waals surface area contributed by atoms with Crippen molar-refractivity contribution in [1.29, 1.82) is 0 Å². The van der Waals surface area contributed by atoms with Gasteiger partial charge in [0.2, 0.25) is 0 Å². The lowest BCUT2D eigenvalue weighted by Crippen LogP contribution is -2.13. The molecule has 0 aliphatic carbocycles.